The number of piperazine rings is 1. The van der Waals surface area contributed by atoms with Gasteiger partial charge in [-0.05, 0) is 6.07 Å². The highest BCUT2D eigenvalue weighted by Crippen LogP contribution is 2.16. The number of hydrogen-bond donors (Lipinski definition) is 2. The second-order valence-corrected chi connectivity index (χ2v) is 7.73. The predicted molar refractivity (Wildman–Crippen MR) is 116 cm³/mol. The minimum atomic E-state index is -5.08. The Kier molecular flexibility index (Phi) is 8.29. The first kappa shape index (κ1) is 26.7. The molecule has 0 radical (unpaired) electrons. The Morgan fingerprint density at radius 1 is 1.08 bits per heavy atom. The number of H-pyrrole nitrogens is 1. The number of aromatic nitrogens is 3. The van der Waals surface area contributed by atoms with Crippen LogP contribution < -0.4 is 5.43 Å². The monoisotopic (exact) mass is 513 g/mol. The van der Waals surface area contributed by atoms with Crippen LogP contribution >= 0.6 is 0 Å². The number of halogens is 5. The summed E-state index contributed by atoms with van der Waals surface area (Å²) in [5, 5.41) is 6.95. The average molecular weight is 513 g/mol. The van der Waals surface area contributed by atoms with Crippen molar-refractivity contribution >= 4 is 22.8 Å². The summed E-state index contributed by atoms with van der Waals surface area (Å²) in [6, 6.07) is 1.64. The number of rotatable bonds is 4. The molecule has 3 aromatic rings. The van der Waals surface area contributed by atoms with E-state index in [-0.39, 0.29) is 16.5 Å². The molecule has 1 aliphatic heterocycles. The number of fused-ring (bicyclic) bond motifs is 1. The van der Waals surface area contributed by atoms with Crippen LogP contribution in [0.1, 0.15) is 16.1 Å². The highest BCUT2D eigenvalue weighted by molar-refractivity contribution is 5.97. The fourth-order valence-electron chi connectivity index (χ4n) is 3.49. The lowest BCUT2D eigenvalue weighted by molar-refractivity contribution is -0.192. The number of nitrogens with one attached hydrogen (secondary N) is 1. The summed E-state index contributed by atoms with van der Waals surface area (Å²) in [7, 11) is 0. The maximum atomic E-state index is 13.8. The molecule has 1 aromatic carbocycles. The molecule has 1 fully saturated rings. The number of benzene rings is 1. The van der Waals surface area contributed by atoms with Crippen molar-refractivity contribution in [3.05, 3.63) is 70.0 Å². The number of carbonyl (C=O) groups is 2. The van der Waals surface area contributed by atoms with Crippen LogP contribution in [0.15, 0.2) is 41.7 Å². The molecule has 2 N–H and O–H groups in total. The number of carboxylic acids is 1. The summed E-state index contributed by atoms with van der Waals surface area (Å²) in [6.07, 6.45) is 1.91. The summed E-state index contributed by atoms with van der Waals surface area (Å²) < 4.78 is 59.1. The van der Waals surface area contributed by atoms with Gasteiger partial charge in [0.15, 0.2) is 0 Å². The molecule has 1 saturated heterocycles. The zero-order chi connectivity index (χ0) is 26.5. The van der Waals surface area contributed by atoms with E-state index in [4.69, 9.17) is 9.90 Å². The second kappa shape index (κ2) is 11.2. The highest BCUT2D eigenvalue weighted by Gasteiger charge is 2.38. The minimum absolute atomic E-state index is 0.109. The third-order valence-corrected chi connectivity index (χ3v) is 5.34. The summed E-state index contributed by atoms with van der Waals surface area (Å²) in [6.45, 7) is 3.07. The van der Waals surface area contributed by atoms with Gasteiger partial charge in [-0.2, -0.15) is 13.2 Å². The van der Waals surface area contributed by atoms with E-state index in [1.54, 1.807) is 23.5 Å². The molecule has 192 valence electrons. The molecule has 1 amide bonds. The molecule has 14 heteroatoms. The van der Waals surface area contributed by atoms with Gasteiger partial charge < -0.3 is 15.0 Å². The summed E-state index contributed by atoms with van der Waals surface area (Å²) in [4.78, 5) is 49.0. The average Bonchev–Trinajstić information content (AvgIpc) is 2.84. The topological polar surface area (TPSA) is 119 Å². The van der Waals surface area contributed by atoms with Crippen LogP contribution in [0.2, 0.25) is 0 Å². The van der Waals surface area contributed by atoms with E-state index in [0.717, 1.165) is 24.7 Å². The Balaban J connectivity index is 0.000000454. The van der Waals surface area contributed by atoms with Gasteiger partial charge in [0.05, 0.1) is 16.6 Å². The summed E-state index contributed by atoms with van der Waals surface area (Å²) >= 11 is 0. The largest absolute Gasteiger partial charge is 0.490 e. The standard InChI is InChI=1S/C20H19F2N5O2.C2HF3O2/c21-13-9-15-18(17(22)10-13)25-12-16(19(15)28)20(29)27-7-5-26(6-8-27)4-1-14-11-23-2-3-24-14;3-2(4,5)1(6)7/h2-3,9-12H,1,4-8H2,(H,25,28);(H,6,7). The Bertz CT molecular complexity index is 1290. The Labute approximate surface area is 200 Å². The fraction of sp³-hybridized carbons (Fsp3) is 0.318. The smallest absolute Gasteiger partial charge is 0.475 e. The van der Waals surface area contributed by atoms with Gasteiger partial charge in [-0.25, -0.2) is 13.6 Å². The third kappa shape index (κ3) is 6.59. The fourth-order valence-corrected chi connectivity index (χ4v) is 3.49. The van der Waals surface area contributed by atoms with E-state index in [2.05, 4.69) is 19.9 Å². The number of pyridine rings is 1. The molecule has 0 unspecified atom stereocenters. The number of alkyl halides is 3. The van der Waals surface area contributed by atoms with Crippen molar-refractivity contribution in [1.29, 1.82) is 0 Å². The van der Waals surface area contributed by atoms with E-state index in [0.29, 0.717) is 32.2 Å². The van der Waals surface area contributed by atoms with Crippen LogP contribution in [0.25, 0.3) is 10.9 Å². The molecule has 0 spiro atoms. The van der Waals surface area contributed by atoms with Crippen molar-refractivity contribution in [2.75, 3.05) is 32.7 Å². The molecule has 9 nitrogen and oxygen atoms in total. The molecule has 0 saturated carbocycles. The van der Waals surface area contributed by atoms with E-state index >= 15 is 0 Å². The third-order valence-electron chi connectivity index (χ3n) is 5.34. The molecule has 0 aliphatic carbocycles. The van der Waals surface area contributed by atoms with Gasteiger partial charge in [-0.1, -0.05) is 0 Å². The van der Waals surface area contributed by atoms with E-state index in [1.807, 2.05) is 0 Å². The highest BCUT2D eigenvalue weighted by atomic mass is 19.4. The van der Waals surface area contributed by atoms with Crippen molar-refractivity contribution in [3.63, 3.8) is 0 Å². The van der Waals surface area contributed by atoms with Crippen LogP contribution in [0, 0.1) is 11.6 Å². The lowest BCUT2D eigenvalue weighted by Crippen LogP contribution is -2.49. The van der Waals surface area contributed by atoms with Crippen molar-refractivity contribution in [2.45, 2.75) is 12.6 Å². The molecular weight excluding hydrogens is 493 g/mol. The maximum absolute atomic E-state index is 13.8. The molecule has 1 aliphatic rings. The van der Waals surface area contributed by atoms with Gasteiger partial charge in [0.25, 0.3) is 5.91 Å². The summed E-state index contributed by atoms with van der Waals surface area (Å²) in [5.74, 6) is -4.92. The van der Waals surface area contributed by atoms with Crippen LogP contribution in [0.3, 0.4) is 0 Å². The van der Waals surface area contributed by atoms with E-state index < -0.39 is 35.1 Å². The van der Waals surface area contributed by atoms with Gasteiger partial charge in [0, 0.05) is 70.0 Å². The van der Waals surface area contributed by atoms with Crippen molar-refractivity contribution in [2.24, 2.45) is 0 Å². The lowest BCUT2D eigenvalue weighted by atomic mass is 10.1. The van der Waals surface area contributed by atoms with Crippen molar-refractivity contribution in [1.82, 2.24) is 24.8 Å². The first-order valence-corrected chi connectivity index (χ1v) is 10.5. The Morgan fingerprint density at radius 2 is 1.75 bits per heavy atom. The normalized spacial score (nSPS) is 14.3. The predicted octanol–water partition coefficient (Wildman–Crippen LogP) is 2.23. The number of aliphatic carboxylic acids is 1. The SMILES string of the molecule is O=C(O)C(F)(F)F.O=C(c1c[nH]c2c(F)cc(F)cc2c1=O)N1CCN(CCc2cnccn2)CC1. The van der Waals surface area contributed by atoms with Crippen LogP contribution in [-0.2, 0) is 11.2 Å². The van der Waals surface area contributed by atoms with E-state index in [9.17, 15) is 31.5 Å². The molecule has 2 aromatic heterocycles. The van der Waals surface area contributed by atoms with Gasteiger partial charge in [0.1, 0.15) is 17.2 Å². The van der Waals surface area contributed by atoms with Gasteiger partial charge >= 0.3 is 12.1 Å². The van der Waals surface area contributed by atoms with Crippen LogP contribution in [0.5, 0.6) is 0 Å². The molecule has 4 rings (SSSR count). The second-order valence-electron chi connectivity index (χ2n) is 7.73. The van der Waals surface area contributed by atoms with E-state index in [1.165, 1.54) is 6.20 Å². The molecule has 0 atom stereocenters. The Morgan fingerprint density at radius 3 is 2.33 bits per heavy atom. The minimum Gasteiger partial charge on any atom is -0.475 e. The Hall–Kier alpha value is -3.94. The summed E-state index contributed by atoms with van der Waals surface area (Å²) in [5.41, 5.74) is 0.0118. The number of hydrogen-bond acceptors (Lipinski definition) is 6. The first-order valence-electron chi connectivity index (χ1n) is 10.5. The number of aromatic amines is 1. The van der Waals surface area contributed by atoms with Gasteiger partial charge in [-0.3, -0.25) is 24.5 Å². The molecule has 3 heterocycles. The number of carboxylic acid groups (broad SMARTS) is 1. The van der Waals surface area contributed by atoms with Crippen molar-refractivity contribution < 1.29 is 36.6 Å². The lowest BCUT2D eigenvalue weighted by Gasteiger charge is -2.34. The van der Waals surface area contributed by atoms with Gasteiger partial charge in [0.2, 0.25) is 5.43 Å². The van der Waals surface area contributed by atoms with Crippen molar-refractivity contribution in [3.8, 4) is 0 Å². The van der Waals surface area contributed by atoms with Crippen LogP contribution in [-0.4, -0.2) is 80.6 Å². The number of amides is 1. The number of carbonyl (C=O) groups excluding carboxylic acids is 1. The number of nitrogens with zero attached hydrogens (tertiary/aromatic N) is 4. The van der Waals surface area contributed by atoms with Gasteiger partial charge in [-0.15, -0.1) is 0 Å². The molecular formula is C22H20F5N5O4. The molecule has 0 bridgehead atoms. The first-order chi connectivity index (χ1) is 17.0. The van der Waals surface area contributed by atoms with Crippen LogP contribution in [0.4, 0.5) is 22.0 Å². The maximum Gasteiger partial charge on any atom is 0.490 e. The molecule has 36 heavy (non-hydrogen) atoms. The quantitative estimate of drug-likeness (QED) is 0.514. The zero-order valence-corrected chi connectivity index (χ0v) is 18.6. The zero-order valence-electron chi connectivity index (χ0n) is 18.6.